The van der Waals surface area contributed by atoms with Crippen LogP contribution in [0, 0.1) is 5.82 Å². The fourth-order valence-electron chi connectivity index (χ4n) is 3.12. The van der Waals surface area contributed by atoms with Gasteiger partial charge < -0.3 is 9.67 Å². The van der Waals surface area contributed by atoms with Crippen molar-refractivity contribution in [3.8, 4) is 0 Å². The number of nitrogens with zero attached hydrogens (tertiary/aromatic N) is 4. The quantitative estimate of drug-likeness (QED) is 0.936. The number of benzene rings is 1. The predicted octanol–water partition coefficient (Wildman–Crippen LogP) is 1.84. The van der Waals surface area contributed by atoms with Crippen LogP contribution < -0.4 is 0 Å². The molecule has 0 saturated heterocycles. The third-order valence-corrected chi connectivity index (χ3v) is 4.50. The maximum atomic E-state index is 13.7. The van der Waals surface area contributed by atoms with Gasteiger partial charge in [0.05, 0.1) is 12.6 Å². The van der Waals surface area contributed by atoms with E-state index in [1.807, 2.05) is 0 Å². The smallest absolute Gasteiger partial charge is 0.147 e. The van der Waals surface area contributed by atoms with Crippen molar-refractivity contribution in [1.82, 2.24) is 19.7 Å². The van der Waals surface area contributed by atoms with Crippen molar-refractivity contribution >= 4 is 0 Å². The Labute approximate surface area is 128 Å². The van der Waals surface area contributed by atoms with E-state index < -0.39 is 6.10 Å². The minimum absolute atomic E-state index is 0.355. The standard InChI is InChI=1S/C16H19FN4O/c17-13-4-2-1-3-12(13)14(22)9-20-7-8-21-15(10-20)18-19-16(21)11-5-6-11/h1-4,11,14,22H,5-10H2. The van der Waals surface area contributed by atoms with Gasteiger partial charge in [0.1, 0.15) is 17.5 Å². The van der Waals surface area contributed by atoms with Crippen molar-refractivity contribution < 1.29 is 9.50 Å². The monoisotopic (exact) mass is 302 g/mol. The number of aliphatic hydroxyl groups is 1. The zero-order valence-electron chi connectivity index (χ0n) is 12.3. The van der Waals surface area contributed by atoms with Crippen molar-refractivity contribution in [1.29, 1.82) is 0 Å². The Hall–Kier alpha value is -1.79. The molecular weight excluding hydrogens is 283 g/mol. The molecule has 5 nitrogen and oxygen atoms in total. The summed E-state index contributed by atoms with van der Waals surface area (Å²) in [5.41, 5.74) is 0.355. The highest BCUT2D eigenvalue weighted by Crippen LogP contribution is 2.39. The highest BCUT2D eigenvalue weighted by molar-refractivity contribution is 5.20. The van der Waals surface area contributed by atoms with E-state index in [-0.39, 0.29) is 5.82 Å². The molecule has 2 aliphatic rings. The van der Waals surface area contributed by atoms with Crippen LogP contribution in [-0.4, -0.2) is 37.9 Å². The van der Waals surface area contributed by atoms with Gasteiger partial charge in [0.2, 0.25) is 0 Å². The molecule has 2 heterocycles. The molecule has 22 heavy (non-hydrogen) atoms. The summed E-state index contributed by atoms with van der Waals surface area (Å²) >= 11 is 0. The average molecular weight is 302 g/mol. The van der Waals surface area contributed by atoms with E-state index in [0.29, 0.717) is 24.6 Å². The molecule has 2 aromatic rings. The number of aromatic nitrogens is 3. The van der Waals surface area contributed by atoms with Gasteiger partial charge in [-0.15, -0.1) is 10.2 Å². The number of fused-ring (bicyclic) bond motifs is 1. The van der Waals surface area contributed by atoms with Crippen LogP contribution >= 0.6 is 0 Å². The minimum atomic E-state index is -0.821. The molecule has 1 aromatic carbocycles. The molecule has 0 radical (unpaired) electrons. The molecule has 1 unspecified atom stereocenters. The van der Waals surface area contributed by atoms with E-state index in [1.54, 1.807) is 18.2 Å². The summed E-state index contributed by atoms with van der Waals surface area (Å²) in [5, 5.41) is 18.9. The van der Waals surface area contributed by atoms with E-state index in [2.05, 4.69) is 19.7 Å². The summed E-state index contributed by atoms with van der Waals surface area (Å²) < 4.78 is 15.9. The lowest BCUT2D eigenvalue weighted by Crippen LogP contribution is -2.37. The van der Waals surface area contributed by atoms with Gasteiger partial charge in [-0.3, -0.25) is 4.90 Å². The van der Waals surface area contributed by atoms with Gasteiger partial charge >= 0.3 is 0 Å². The molecule has 0 amide bonds. The number of halogens is 1. The number of aliphatic hydroxyl groups excluding tert-OH is 1. The summed E-state index contributed by atoms with van der Waals surface area (Å²) in [4.78, 5) is 2.11. The van der Waals surface area contributed by atoms with Crippen molar-refractivity contribution in [2.24, 2.45) is 0 Å². The van der Waals surface area contributed by atoms with Crippen molar-refractivity contribution in [3.05, 3.63) is 47.3 Å². The SMILES string of the molecule is OC(CN1CCn2c(nnc2C2CC2)C1)c1ccccc1F. The molecular formula is C16H19FN4O. The largest absolute Gasteiger partial charge is 0.387 e. The predicted molar refractivity (Wildman–Crippen MR) is 78.6 cm³/mol. The summed E-state index contributed by atoms with van der Waals surface area (Å²) in [5.74, 6) is 2.31. The molecule has 1 saturated carbocycles. The van der Waals surface area contributed by atoms with Gasteiger partial charge in [0.25, 0.3) is 0 Å². The Morgan fingerprint density at radius 3 is 2.82 bits per heavy atom. The number of hydrogen-bond acceptors (Lipinski definition) is 4. The van der Waals surface area contributed by atoms with Crippen molar-refractivity contribution in [2.75, 3.05) is 13.1 Å². The van der Waals surface area contributed by atoms with Crippen LogP contribution in [0.5, 0.6) is 0 Å². The second kappa shape index (κ2) is 5.44. The zero-order valence-corrected chi connectivity index (χ0v) is 12.3. The van der Waals surface area contributed by atoms with Gasteiger partial charge in [-0.1, -0.05) is 18.2 Å². The Balaban J connectivity index is 1.45. The van der Waals surface area contributed by atoms with Crippen molar-refractivity contribution in [3.63, 3.8) is 0 Å². The molecule has 1 aliphatic carbocycles. The first-order valence-electron chi connectivity index (χ1n) is 7.79. The summed E-state index contributed by atoms with van der Waals surface area (Å²) in [6.07, 6.45) is 1.61. The Bertz CT molecular complexity index is 683. The third kappa shape index (κ3) is 2.53. The fraction of sp³-hybridized carbons (Fsp3) is 0.500. The third-order valence-electron chi connectivity index (χ3n) is 4.50. The lowest BCUT2D eigenvalue weighted by Gasteiger charge is -2.29. The number of rotatable bonds is 4. The molecule has 1 fully saturated rings. The Morgan fingerprint density at radius 2 is 2.05 bits per heavy atom. The molecule has 0 bridgehead atoms. The summed E-state index contributed by atoms with van der Waals surface area (Å²) in [6, 6.07) is 6.40. The van der Waals surface area contributed by atoms with E-state index in [1.165, 1.54) is 18.9 Å². The zero-order chi connectivity index (χ0) is 15.1. The maximum Gasteiger partial charge on any atom is 0.147 e. The molecule has 1 aromatic heterocycles. The number of hydrogen-bond donors (Lipinski definition) is 1. The van der Waals surface area contributed by atoms with Crippen LogP contribution in [0.2, 0.25) is 0 Å². The highest BCUT2D eigenvalue weighted by atomic mass is 19.1. The normalized spacial score (nSPS) is 19.9. The lowest BCUT2D eigenvalue weighted by molar-refractivity contribution is 0.0934. The maximum absolute atomic E-state index is 13.7. The molecule has 1 N–H and O–H groups in total. The summed E-state index contributed by atoms with van der Waals surface area (Å²) in [7, 11) is 0. The van der Waals surface area contributed by atoms with Gasteiger partial charge in [-0.2, -0.15) is 0 Å². The lowest BCUT2D eigenvalue weighted by atomic mass is 10.1. The molecule has 1 aliphatic heterocycles. The van der Waals surface area contributed by atoms with Crippen molar-refractivity contribution in [2.45, 2.75) is 38.0 Å². The molecule has 0 spiro atoms. The molecule has 4 rings (SSSR count). The Kier molecular flexibility index (Phi) is 3.43. The first-order chi connectivity index (χ1) is 10.7. The average Bonchev–Trinajstić information content (AvgIpc) is 3.27. The highest BCUT2D eigenvalue weighted by Gasteiger charge is 2.32. The second-order valence-corrected chi connectivity index (χ2v) is 6.17. The molecule has 116 valence electrons. The van der Waals surface area contributed by atoms with E-state index in [0.717, 1.165) is 24.7 Å². The van der Waals surface area contributed by atoms with Gasteiger partial charge in [0, 0.05) is 31.1 Å². The van der Waals surface area contributed by atoms with Crippen LogP contribution in [-0.2, 0) is 13.1 Å². The van der Waals surface area contributed by atoms with Gasteiger partial charge in [0.15, 0.2) is 0 Å². The van der Waals surface area contributed by atoms with Gasteiger partial charge in [-0.05, 0) is 18.9 Å². The summed E-state index contributed by atoms with van der Waals surface area (Å²) in [6.45, 7) is 2.74. The van der Waals surface area contributed by atoms with Crippen LogP contribution in [0.15, 0.2) is 24.3 Å². The van der Waals surface area contributed by atoms with Gasteiger partial charge in [-0.25, -0.2) is 4.39 Å². The van der Waals surface area contributed by atoms with E-state index in [9.17, 15) is 9.50 Å². The first kappa shape index (κ1) is 13.8. The fourth-order valence-corrected chi connectivity index (χ4v) is 3.12. The van der Waals surface area contributed by atoms with E-state index >= 15 is 0 Å². The molecule has 6 heteroatoms. The van der Waals surface area contributed by atoms with Crippen LogP contribution in [0.3, 0.4) is 0 Å². The van der Waals surface area contributed by atoms with E-state index in [4.69, 9.17) is 0 Å². The van der Waals surface area contributed by atoms with Crippen LogP contribution in [0.4, 0.5) is 4.39 Å². The minimum Gasteiger partial charge on any atom is -0.387 e. The Morgan fingerprint density at radius 1 is 1.23 bits per heavy atom. The first-order valence-corrected chi connectivity index (χ1v) is 7.79. The number of β-amino-alcohol motifs (C(OH)–C–C–N with tert-alkyl or cyclic N) is 1. The van der Waals surface area contributed by atoms with Crippen LogP contribution in [0.1, 0.15) is 42.1 Å². The van der Waals surface area contributed by atoms with Crippen LogP contribution in [0.25, 0.3) is 0 Å². The topological polar surface area (TPSA) is 54.2 Å². The second-order valence-electron chi connectivity index (χ2n) is 6.17. The molecule has 1 atom stereocenters.